The van der Waals surface area contributed by atoms with Gasteiger partial charge in [-0.05, 0) is 43.5 Å². The number of hydrogen-bond donors (Lipinski definition) is 1. The molecule has 4 nitrogen and oxygen atoms in total. The zero-order valence-corrected chi connectivity index (χ0v) is 15.6. The number of pyridine rings is 1. The van der Waals surface area contributed by atoms with Gasteiger partial charge in [-0.3, -0.25) is 4.79 Å². The number of nitrogens with zero attached hydrogens (tertiary/aromatic N) is 2. The summed E-state index contributed by atoms with van der Waals surface area (Å²) in [6.07, 6.45) is 1.42. The molecule has 1 N–H and O–H groups in total. The number of carbonyl (C=O) groups excluding carboxylic acids is 1. The lowest BCUT2D eigenvalue weighted by molar-refractivity contribution is -0.0102. The Balaban J connectivity index is 1.94. The van der Waals surface area contributed by atoms with Gasteiger partial charge in [0.25, 0.3) is 5.91 Å². The van der Waals surface area contributed by atoms with Crippen molar-refractivity contribution in [2.45, 2.75) is 39.0 Å². The fraction of sp³-hybridized carbons (Fsp3) is 0.400. The lowest BCUT2D eigenvalue weighted by atomic mass is 9.90. The van der Waals surface area contributed by atoms with Crippen LogP contribution in [0.25, 0.3) is 0 Å². The highest BCUT2D eigenvalue weighted by molar-refractivity contribution is 6.34. The van der Waals surface area contributed by atoms with E-state index in [-0.39, 0.29) is 25.3 Å². The van der Waals surface area contributed by atoms with Crippen LogP contribution in [-0.4, -0.2) is 37.7 Å². The number of aromatic nitrogens is 1. The predicted molar refractivity (Wildman–Crippen MR) is 105 cm³/mol. The van der Waals surface area contributed by atoms with Crippen LogP contribution in [0.2, 0.25) is 0 Å². The predicted octanol–water partition coefficient (Wildman–Crippen LogP) is 3.37. The van der Waals surface area contributed by atoms with Gasteiger partial charge in [0.1, 0.15) is 13.7 Å². The quantitative estimate of drug-likeness (QED) is 0.844. The van der Waals surface area contributed by atoms with Crippen LogP contribution in [0.4, 0.5) is 20.3 Å². The summed E-state index contributed by atoms with van der Waals surface area (Å²) < 4.78 is 27.5. The van der Waals surface area contributed by atoms with Crippen LogP contribution in [0.3, 0.4) is 0 Å². The summed E-state index contributed by atoms with van der Waals surface area (Å²) in [5.74, 6) is -2.62. The van der Waals surface area contributed by atoms with E-state index in [1.54, 1.807) is 17.9 Å². The molecule has 1 amide bonds. The molecule has 1 saturated heterocycles. The first-order chi connectivity index (χ1) is 12.8. The number of hydrogen-bond acceptors (Lipinski definition) is 3. The molecular weight excluding hydrogens is 347 g/mol. The molecule has 140 valence electrons. The standard InChI is InChI=1S/C20H22BF2N3O/c1-13-5-3-6-15(11-13)25-19(27)17-14(2)16(21)12-24-18(17)26-9-4-7-20(22,23)8-10-26/h3,5-6,11-12H,4,7-10H2,1-2H3,(H,25,27). The molecule has 2 aromatic rings. The van der Waals surface area contributed by atoms with E-state index in [1.165, 1.54) is 6.20 Å². The average Bonchev–Trinajstić information content (AvgIpc) is 2.77. The van der Waals surface area contributed by atoms with Gasteiger partial charge < -0.3 is 10.2 Å². The Kier molecular flexibility index (Phi) is 5.49. The summed E-state index contributed by atoms with van der Waals surface area (Å²) in [5, 5.41) is 2.87. The molecule has 0 saturated carbocycles. The molecule has 27 heavy (non-hydrogen) atoms. The van der Waals surface area contributed by atoms with Gasteiger partial charge in [-0.1, -0.05) is 17.6 Å². The van der Waals surface area contributed by atoms with Crippen molar-refractivity contribution in [2.24, 2.45) is 0 Å². The number of anilines is 2. The van der Waals surface area contributed by atoms with Crippen molar-refractivity contribution in [1.29, 1.82) is 0 Å². The molecule has 0 bridgehead atoms. The normalized spacial score (nSPS) is 16.7. The van der Waals surface area contributed by atoms with E-state index in [1.807, 2.05) is 25.1 Å². The summed E-state index contributed by atoms with van der Waals surface area (Å²) in [6.45, 7) is 4.26. The Hall–Kier alpha value is -2.44. The van der Waals surface area contributed by atoms with Crippen molar-refractivity contribution in [3.63, 3.8) is 0 Å². The fourth-order valence-corrected chi connectivity index (χ4v) is 3.31. The zero-order chi connectivity index (χ0) is 19.6. The first kappa shape index (κ1) is 19.3. The van der Waals surface area contributed by atoms with E-state index < -0.39 is 5.92 Å². The van der Waals surface area contributed by atoms with Crippen LogP contribution >= 0.6 is 0 Å². The van der Waals surface area contributed by atoms with E-state index in [9.17, 15) is 13.6 Å². The Morgan fingerprint density at radius 2 is 2.04 bits per heavy atom. The van der Waals surface area contributed by atoms with E-state index in [0.29, 0.717) is 41.1 Å². The van der Waals surface area contributed by atoms with Crippen molar-refractivity contribution in [2.75, 3.05) is 23.3 Å². The Labute approximate surface area is 159 Å². The number of alkyl halides is 2. The molecule has 2 heterocycles. The molecule has 0 aliphatic carbocycles. The monoisotopic (exact) mass is 369 g/mol. The first-order valence-corrected chi connectivity index (χ1v) is 9.03. The Morgan fingerprint density at radius 1 is 1.26 bits per heavy atom. The maximum Gasteiger partial charge on any atom is 0.259 e. The minimum absolute atomic E-state index is 0.147. The Bertz CT molecular complexity index is 857. The zero-order valence-electron chi connectivity index (χ0n) is 15.6. The van der Waals surface area contributed by atoms with Gasteiger partial charge in [0.05, 0.1) is 5.56 Å². The van der Waals surface area contributed by atoms with E-state index in [2.05, 4.69) is 10.3 Å². The molecule has 1 aromatic heterocycles. The van der Waals surface area contributed by atoms with Crippen molar-refractivity contribution < 1.29 is 13.6 Å². The summed E-state index contributed by atoms with van der Waals surface area (Å²) in [4.78, 5) is 19.1. The molecule has 1 aliphatic heterocycles. The highest BCUT2D eigenvalue weighted by Gasteiger charge is 2.33. The second kappa shape index (κ2) is 7.67. The summed E-state index contributed by atoms with van der Waals surface area (Å²) in [5.41, 5.74) is 3.01. The molecule has 2 radical (unpaired) electrons. The van der Waals surface area contributed by atoms with Crippen LogP contribution in [0.5, 0.6) is 0 Å². The molecule has 0 atom stereocenters. The molecule has 1 aliphatic rings. The summed E-state index contributed by atoms with van der Waals surface area (Å²) in [6, 6.07) is 7.45. The van der Waals surface area contributed by atoms with Crippen LogP contribution in [0.15, 0.2) is 30.5 Å². The van der Waals surface area contributed by atoms with Crippen LogP contribution in [0.1, 0.15) is 40.7 Å². The third-order valence-electron chi connectivity index (χ3n) is 4.88. The number of aryl methyl sites for hydroxylation is 1. The smallest absolute Gasteiger partial charge is 0.259 e. The van der Waals surface area contributed by atoms with E-state index in [4.69, 9.17) is 7.85 Å². The lowest BCUT2D eigenvalue weighted by Crippen LogP contribution is -2.31. The average molecular weight is 369 g/mol. The maximum absolute atomic E-state index is 13.7. The minimum Gasteiger partial charge on any atom is -0.356 e. The SMILES string of the molecule is [B]c1cnc(N2CCCC(F)(F)CC2)c(C(=O)Nc2cccc(C)c2)c1C. The molecule has 0 spiro atoms. The molecule has 7 heteroatoms. The topological polar surface area (TPSA) is 45.2 Å². The minimum atomic E-state index is -2.68. The summed E-state index contributed by atoms with van der Waals surface area (Å²) >= 11 is 0. The molecular formula is C20H22BF2N3O. The second-order valence-corrected chi connectivity index (χ2v) is 7.06. The van der Waals surface area contributed by atoms with Gasteiger partial charge >= 0.3 is 0 Å². The van der Waals surface area contributed by atoms with Crippen LogP contribution in [0, 0.1) is 13.8 Å². The maximum atomic E-state index is 13.7. The van der Waals surface area contributed by atoms with Crippen molar-refractivity contribution in [1.82, 2.24) is 4.98 Å². The van der Waals surface area contributed by atoms with Gasteiger partial charge in [-0.25, -0.2) is 13.8 Å². The van der Waals surface area contributed by atoms with Gasteiger partial charge in [0.15, 0.2) is 0 Å². The third-order valence-corrected chi connectivity index (χ3v) is 4.88. The van der Waals surface area contributed by atoms with Crippen LogP contribution < -0.4 is 15.7 Å². The van der Waals surface area contributed by atoms with Gasteiger partial charge in [-0.15, -0.1) is 0 Å². The number of carbonyl (C=O) groups is 1. The number of halogens is 2. The third kappa shape index (κ3) is 4.46. The van der Waals surface area contributed by atoms with Crippen LogP contribution in [-0.2, 0) is 0 Å². The number of amides is 1. The van der Waals surface area contributed by atoms with Gasteiger partial charge in [0, 0.05) is 37.8 Å². The molecule has 3 rings (SSSR count). The van der Waals surface area contributed by atoms with Crippen molar-refractivity contribution >= 4 is 30.7 Å². The van der Waals surface area contributed by atoms with E-state index >= 15 is 0 Å². The number of benzene rings is 1. The highest BCUT2D eigenvalue weighted by Crippen LogP contribution is 2.31. The second-order valence-electron chi connectivity index (χ2n) is 7.06. The van der Waals surface area contributed by atoms with E-state index in [0.717, 1.165) is 5.56 Å². The molecule has 1 fully saturated rings. The first-order valence-electron chi connectivity index (χ1n) is 9.03. The largest absolute Gasteiger partial charge is 0.356 e. The number of nitrogens with one attached hydrogen (secondary N) is 1. The molecule has 1 aromatic carbocycles. The van der Waals surface area contributed by atoms with Gasteiger partial charge in [-0.2, -0.15) is 0 Å². The van der Waals surface area contributed by atoms with Crippen molar-refractivity contribution in [3.8, 4) is 0 Å². The highest BCUT2D eigenvalue weighted by atomic mass is 19.3. The lowest BCUT2D eigenvalue weighted by Gasteiger charge is -2.25. The fourth-order valence-electron chi connectivity index (χ4n) is 3.31. The van der Waals surface area contributed by atoms with Crippen molar-refractivity contribution in [3.05, 3.63) is 47.2 Å². The molecule has 0 unspecified atom stereocenters. The number of rotatable bonds is 3. The van der Waals surface area contributed by atoms with Gasteiger partial charge in [0.2, 0.25) is 5.92 Å². The summed E-state index contributed by atoms with van der Waals surface area (Å²) in [7, 11) is 5.97. The Morgan fingerprint density at radius 3 is 2.78 bits per heavy atom.